The highest BCUT2D eigenvalue weighted by molar-refractivity contribution is 4.81. The van der Waals surface area contributed by atoms with Gasteiger partial charge in [-0.25, -0.2) is 0 Å². The summed E-state index contributed by atoms with van der Waals surface area (Å²) in [5.74, 6) is 0. The quantitative estimate of drug-likeness (QED) is 0.175. The van der Waals surface area contributed by atoms with Crippen LogP contribution in [0.25, 0.3) is 0 Å². The Morgan fingerprint density at radius 2 is 1.09 bits per heavy atom. The highest BCUT2D eigenvalue weighted by atomic mass is 16.3. The van der Waals surface area contributed by atoms with Gasteiger partial charge >= 0.3 is 0 Å². The Morgan fingerprint density at radius 3 is 1.65 bits per heavy atom. The van der Waals surface area contributed by atoms with Gasteiger partial charge in [0.2, 0.25) is 0 Å². The van der Waals surface area contributed by atoms with E-state index in [0.29, 0.717) is 6.54 Å². The van der Waals surface area contributed by atoms with Gasteiger partial charge in [-0.1, -0.05) is 76.9 Å². The fourth-order valence-corrected chi connectivity index (χ4v) is 2.69. The second-order valence-electron chi connectivity index (χ2n) is 6.52. The lowest BCUT2D eigenvalue weighted by atomic mass is 10.1. The van der Waals surface area contributed by atoms with Crippen LogP contribution >= 0.6 is 0 Å². The number of hydrogen-bond donors (Lipinski definition) is 3. The number of hydrogen-bond acceptors (Lipinski definition) is 3. The van der Waals surface area contributed by atoms with Crippen molar-refractivity contribution >= 4 is 0 Å². The van der Waals surface area contributed by atoms with Gasteiger partial charge in [-0.2, -0.15) is 0 Å². The molecule has 0 amide bonds. The number of aliphatic hydroxyl groups is 1. The van der Waals surface area contributed by atoms with E-state index in [1.807, 2.05) is 0 Å². The van der Waals surface area contributed by atoms with Gasteiger partial charge < -0.3 is 5.11 Å². The molecule has 0 bridgehead atoms. The minimum Gasteiger partial charge on any atom is -0.395 e. The maximum absolute atomic E-state index is 8.60. The van der Waals surface area contributed by atoms with Gasteiger partial charge in [0.25, 0.3) is 0 Å². The molecule has 0 aliphatic rings. The molecule has 23 heavy (non-hydrogen) atoms. The molecule has 0 aliphatic carbocycles. The monoisotopic (exact) mass is 326 g/mol. The van der Waals surface area contributed by atoms with Crippen molar-refractivity contribution in [3.05, 3.63) is 12.2 Å². The molecule has 0 saturated carbocycles. The molecule has 0 saturated heterocycles. The van der Waals surface area contributed by atoms with Gasteiger partial charge in [-0.15, -0.1) is 0 Å². The largest absolute Gasteiger partial charge is 0.395 e. The van der Waals surface area contributed by atoms with Crippen molar-refractivity contribution in [3.8, 4) is 0 Å². The van der Waals surface area contributed by atoms with Crippen LogP contribution in [0.3, 0.4) is 0 Å². The maximum atomic E-state index is 8.60. The molecule has 0 aromatic rings. The third-order valence-electron chi connectivity index (χ3n) is 4.18. The van der Waals surface area contributed by atoms with Crippen LogP contribution in [-0.2, 0) is 0 Å². The molecular formula is C20H42N2O. The zero-order valence-electron chi connectivity index (χ0n) is 15.6. The zero-order valence-corrected chi connectivity index (χ0v) is 15.6. The van der Waals surface area contributed by atoms with Crippen molar-refractivity contribution in [1.29, 1.82) is 0 Å². The minimum atomic E-state index is 0.195. The number of rotatable bonds is 19. The Bertz CT molecular complexity index is 232. The van der Waals surface area contributed by atoms with Crippen molar-refractivity contribution in [2.75, 3.05) is 19.7 Å². The first-order valence-corrected chi connectivity index (χ1v) is 10.1. The Balaban J connectivity index is 3.02. The molecule has 138 valence electrons. The third kappa shape index (κ3) is 21.6. The number of nitrogens with one attached hydrogen (secondary N) is 2. The molecule has 0 spiro atoms. The third-order valence-corrected chi connectivity index (χ3v) is 4.18. The SMILES string of the molecule is CCCCCCCC/C=C\CCCCCCCCNNCCO. The molecule has 0 unspecified atom stereocenters. The van der Waals surface area contributed by atoms with Gasteiger partial charge in [-0.3, -0.25) is 10.9 Å². The first-order valence-electron chi connectivity index (χ1n) is 10.1. The molecule has 3 heteroatoms. The van der Waals surface area contributed by atoms with E-state index in [-0.39, 0.29) is 6.61 Å². The predicted octanol–water partition coefficient (Wildman–Crippen LogP) is 5.11. The van der Waals surface area contributed by atoms with Gasteiger partial charge in [-0.05, 0) is 32.1 Å². The summed E-state index contributed by atoms with van der Waals surface area (Å²) < 4.78 is 0. The lowest BCUT2D eigenvalue weighted by Crippen LogP contribution is -2.34. The van der Waals surface area contributed by atoms with Crippen LogP contribution in [0.4, 0.5) is 0 Å². The number of hydrazine groups is 1. The average molecular weight is 327 g/mol. The summed E-state index contributed by atoms with van der Waals surface area (Å²) >= 11 is 0. The smallest absolute Gasteiger partial charge is 0.0569 e. The summed E-state index contributed by atoms with van der Waals surface area (Å²) in [6.45, 7) is 4.10. The van der Waals surface area contributed by atoms with E-state index in [1.54, 1.807) is 0 Å². The highest BCUT2D eigenvalue weighted by Gasteiger charge is 1.91. The summed E-state index contributed by atoms with van der Waals surface area (Å²) in [6.07, 6.45) is 23.7. The van der Waals surface area contributed by atoms with Crippen molar-refractivity contribution in [2.24, 2.45) is 0 Å². The summed E-state index contributed by atoms with van der Waals surface area (Å²) in [4.78, 5) is 0. The van der Waals surface area contributed by atoms with Crippen molar-refractivity contribution in [1.82, 2.24) is 10.9 Å². The van der Waals surface area contributed by atoms with Crippen LogP contribution in [0.2, 0.25) is 0 Å². The molecular weight excluding hydrogens is 284 g/mol. The first-order chi connectivity index (χ1) is 11.4. The van der Waals surface area contributed by atoms with E-state index in [9.17, 15) is 0 Å². The van der Waals surface area contributed by atoms with Crippen LogP contribution in [0.5, 0.6) is 0 Å². The predicted molar refractivity (Wildman–Crippen MR) is 103 cm³/mol. The highest BCUT2D eigenvalue weighted by Crippen LogP contribution is 2.09. The van der Waals surface area contributed by atoms with Crippen LogP contribution in [0, 0.1) is 0 Å². The lowest BCUT2D eigenvalue weighted by Gasteiger charge is -2.05. The fraction of sp³-hybridized carbons (Fsp3) is 0.900. The zero-order chi connectivity index (χ0) is 16.8. The minimum absolute atomic E-state index is 0.195. The molecule has 0 rings (SSSR count). The molecule has 0 aliphatic heterocycles. The summed E-state index contributed by atoms with van der Waals surface area (Å²) in [5, 5.41) is 8.60. The molecule has 0 aromatic carbocycles. The Labute approximate surface area is 145 Å². The van der Waals surface area contributed by atoms with Crippen LogP contribution in [0.1, 0.15) is 96.8 Å². The number of unbranched alkanes of at least 4 members (excludes halogenated alkanes) is 12. The van der Waals surface area contributed by atoms with E-state index in [4.69, 9.17) is 5.11 Å². The standard InChI is InChI=1S/C20H42N2O/c1-2-3-4-5-6-7-8-9-10-11-12-13-14-15-16-17-18-21-22-19-20-23/h9-10,21-23H,2-8,11-20H2,1H3/b10-9-. The second-order valence-corrected chi connectivity index (χ2v) is 6.52. The van der Waals surface area contributed by atoms with Crippen LogP contribution in [-0.4, -0.2) is 24.8 Å². The van der Waals surface area contributed by atoms with E-state index >= 15 is 0 Å². The molecule has 3 N–H and O–H groups in total. The normalized spacial score (nSPS) is 11.6. The molecule has 0 aromatic heterocycles. The second kappa shape index (κ2) is 21.6. The van der Waals surface area contributed by atoms with E-state index in [0.717, 1.165) is 6.54 Å². The summed E-state index contributed by atoms with van der Waals surface area (Å²) in [7, 11) is 0. The Morgan fingerprint density at radius 1 is 0.609 bits per heavy atom. The van der Waals surface area contributed by atoms with Gasteiger partial charge in [0, 0.05) is 13.1 Å². The first kappa shape index (κ1) is 22.6. The van der Waals surface area contributed by atoms with Gasteiger partial charge in [0.05, 0.1) is 6.61 Å². The Kier molecular flexibility index (Phi) is 21.3. The fourth-order valence-electron chi connectivity index (χ4n) is 2.69. The Hall–Kier alpha value is -0.380. The van der Waals surface area contributed by atoms with E-state index < -0.39 is 0 Å². The van der Waals surface area contributed by atoms with Crippen LogP contribution in [0.15, 0.2) is 12.2 Å². The topological polar surface area (TPSA) is 44.3 Å². The van der Waals surface area contributed by atoms with Crippen molar-refractivity contribution < 1.29 is 5.11 Å². The average Bonchev–Trinajstić information content (AvgIpc) is 2.57. The van der Waals surface area contributed by atoms with Gasteiger partial charge in [0.15, 0.2) is 0 Å². The number of allylic oxidation sites excluding steroid dienone is 2. The molecule has 0 radical (unpaired) electrons. The molecule has 0 atom stereocenters. The summed E-state index contributed by atoms with van der Waals surface area (Å²) in [5.41, 5.74) is 6.10. The lowest BCUT2D eigenvalue weighted by molar-refractivity contribution is 0.283. The van der Waals surface area contributed by atoms with E-state index in [1.165, 1.54) is 89.9 Å². The molecule has 0 heterocycles. The molecule has 0 fully saturated rings. The van der Waals surface area contributed by atoms with Gasteiger partial charge in [0.1, 0.15) is 0 Å². The van der Waals surface area contributed by atoms with Crippen molar-refractivity contribution in [3.63, 3.8) is 0 Å². The summed E-state index contributed by atoms with van der Waals surface area (Å²) in [6, 6.07) is 0. The molecule has 3 nitrogen and oxygen atoms in total. The van der Waals surface area contributed by atoms with Crippen molar-refractivity contribution in [2.45, 2.75) is 96.8 Å². The van der Waals surface area contributed by atoms with E-state index in [2.05, 4.69) is 29.9 Å². The maximum Gasteiger partial charge on any atom is 0.0569 e. The van der Waals surface area contributed by atoms with Crippen LogP contribution < -0.4 is 10.9 Å². The number of aliphatic hydroxyl groups excluding tert-OH is 1.